The highest BCUT2D eigenvalue weighted by Crippen LogP contribution is 2.71. The highest BCUT2D eigenvalue weighted by molar-refractivity contribution is 7.35. The smallest absolute Gasteiger partial charge is 0.194 e. The Labute approximate surface area is 781 Å². The molecule has 16 rings (SSSR count). The zero-order chi connectivity index (χ0) is 89.0. The van der Waals surface area contributed by atoms with Crippen LogP contribution >= 0.6 is 68.0 Å². The molecule has 0 saturated carbocycles. The van der Waals surface area contributed by atoms with Gasteiger partial charge < -0.3 is 9.47 Å². The fourth-order valence-electron chi connectivity index (χ4n) is 19.8. The van der Waals surface area contributed by atoms with Crippen LogP contribution in [0.2, 0.25) is 0 Å². The number of aryl methyl sites for hydroxylation is 4. The van der Waals surface area contributed by atoms with E-state index in [2.05, 4.69) is 211 Å². The molecule has 8 heterocycles. The quantitative estimate of drug-likeness (QED) is 0.0203. The van der Waals surface area contributed by atoms with E-state index in [0.29, 0.717) is 69.6 Å². The Balaban J connectivity index is 0.974. The van der Waals surface area contributed by atoms with Crippen molar-refractivity contribution in [3.05, 3.63) is 279 Å². The van der Waals surface area contributed by atoms with Crippen molar-refractivity contribution in [2.45, 2.75) is 246 Å². The molecule has 0 amide bonds. The second-order valence-corrected chi connectivity index (χ2v) is 41.5. The van der Waals surface area contributed by atoms with Crippen molar-refractivity contribution in [2.75, 3.05) is 13.2 Å². The van der Waals surface area contributed by atoms with E-state index in [1.165, 1.54) is 173 Å². The molecule has 2 atom stereocenters. The molecule has 0 aliphatic heterocycles. The van der Waals surface area contributed by atoms with Crippen molar-refractivity contribution in [1.82, 2.24) is 9.97 Å². The molecule has 0 N–H and O–H groups in total. The molecule has 0 bridgehead atoms. The fraction of sp³-hybridized carbons (Fsp3) is 0.375. The lowest BCUT2D eigenvalue weighted by Crippen LogP contribution is -2.29. The van der Waals surface area contributed by atoms with E-state index < -0.39 is 10.8 Å². The standard InChI is InChI=1S/C112H114N6O4S6/c1-9-17-23-27-33-73-37-45-79(46-38-73)111(80-47-39-74(40-48-80)34-28-24-18-10-2)91-61-95(105-93(121-69-71(15-7)31-21-13-5)59-83(123-105)57-87-97(77(63-113)64-114)89-67-117-55-53-85(89)101(87)119)125-103(91)107-99(111)109-110(127-107)100-108(128-109)104-92(112(100,81-49-41-75(42-50-81)35-29-25-19-11-3)82-51-43-76(44-52-82)36-30-26-20-12-4)62-96(126-104)106-94(122-70-72(16-8)32-22-14-6)60-84(124-106)58-88-98(78(65-115)66-116)90-68-118-56-54-86(90)102(88)120/h37-62,67-68,71-72H,9-36,69-70H2,1-8H3/b87-57-,88-58-. The number of nitriles is 4. The summed E-state index contributed by atoms with van der Waals surface area (Å²) in [5, 5.41) is 42.2. The second-order valence-electron chi connectivity index (χ2n) is 35.2. The minimum absolute atomic E-state index is 0.133. The molecule has 2 unspecified atom stereocenters. The first-order valence-corrected chi connectivity index (χ1v) is 52.0. The maximum absolute atomic E-state index is 14.8. The lowest BCUT2D eigenvalue weighted by atomic mass is 9.67. The SMILES string of the molecule is CCCCCCc1ccc(C2(c3ccc(CCCCCC)cc3)c3cc(-c4sc(/C=C5\C(=O)c6ccncc6C5=C(C#N)C#N)cc4OCC(CC)CCCC)sc3-c3sc4c5c(sc4c32)-c2sc(-c3sc(/C=C4\C(=O)c6ccncc6C4=C(C#N)C#N)cc3OCC(CC)CCCC)cc2C5(c2ccc(CCCCCC)cc2)c2ccc(CCCCCC)cc2)cc1. The van der Waals surface area contributed by atoms with E-state index in [4.69, 9.17) is 9.47 Å². The summed E-state index contributed by atoms with van der Waals surface area (Å²) < 4.78 is 17.1. The Bertz CT molecular complexity index is 5850. The molecule has 0 radical (unpaired) electrons. The number of rotatable bonds is 42. The first-order chi connectivity index (χ1) is 62.8. The molecular formula is C112H114N6O4S6. The Kier molecular flexibility index (Phi) is 29.5. The lowest BCUT2D eigenvalue weighted by molar-refractivity contribution is 0.103. The minimum atomic E-state index is -0.851. The molecule has 652 valence electrons. The highest BCUT2D eigenvalue weighted by Gasteiger charge is 2.56. The van der Waals surface area contributed by atoms with Gasteiger partial charge in [-0.25, -0.2) is 0 Å². The molecule has 12 aromatic rings. The van der Waals surface area contributed by atoms with Gasteiger partial charge in [-0.15, -0.1) is 68.0 Å². The number of fused-ring (bicyclic) bond motifs is 11. The second kappa shape index (κ2) is 41.5. The molecule has 4 aliphatic carbocycles. The van der Waals surface area contributed by atoms with Crippen molar-refractivity contribution in [3.63, 3.8) is 0 Å². The molecule has 4 aliphatic rings. The van der Waals surface area contributed by atoms with Gasteiger partial charge >= 0.3 is 0 Å². The van der Waals surface area contributed by atoms with Gasteiger partial charge in [0.05, 0.1) is 62.7 Å². The van der Waals surface area contributed by atoms with Crippen molar-refractivity contribution < 1.29 is 19.1 Å². The number of Topliss-reactive ketones (excluding diaryl/α,β-unsaturated/α-hetero) is 2. The average molecular weight is 1800 g/mol. The molecule has 8 aromatic heterocycles. The van der Waals surface area contributed by atoms with Crippen LogP contribution in [0.5, 0.6) is 11.5 Å². The Morgan fingerprint density at radius 2 is 0.703 bits per heavy atom. The van der Waals surface area contributed by atoms with Crippen LogP contribution < -0.4 is 9.47 Å². The topological polar surface area (TPSA) is 174 Å². The summed E-state index contributed by atoms with van der Waals surface area (Å²) in [7, 11) is 0. The number of ketones is 2. The maximum atomic E-state index is 14.8. The summed E-state index contributed by atoms with van der Waals surface area (Å²) in [6, 6.07) is 60.1. The van der Waals surface area contributed by atoms with Crippen LogP contribution in [0.15, 0.2) is 181 Å². The Morgan fingerprint density at radius 1 is 0.375 bits per heavy atom. The van der Waals surface area contributed by atoms with Crippen LogP contribution in [0.25, 0.3) is 71.7 Å². The summed E-state index contributed by atoms with van der Waals surface area (Å²) in [5.41, 5.74) is 16.3. The van der Waals surface area contributed by atoms with Gasteiger partial charge in [0.2, 0.25) is 0 Å². The van der Waals surface area contributed by atoms with Crippen LogP contribution in [0.3, 0.4) is 0 Å². The van der Waals surface area contributed by atoms with E-state index in [0.717, 1.165) is 143 Å². The Hall–Kier alpha value is -10.5. The van der Waals surface area contributed by atoms with Gasteiger partial charge in [0, 0.05) is 100.0 Å². The zero-order valence-corrected chi connectivity index (χ0v) is 80.2. The van der Waals surface area contributed by atoms with Gasteiger partial charge in [0.1, 0.15) is 46.9 Å². The monoisotopic (exact) mass is 1800 g/mol. The normalized spacial score (nSPS) is 14.8. The maximum Gasteiger partial charge on any atom is 0.194 e. The van der Waals surface area contributed by atoms with Crippen molar-refractivity contribution in [3.8, 4) is 74.8 Å². The van der Waals surface area contributed by atoms with E-state index in [9.17, 15) is 30.6 Å². The third kappa shape index (κ3) is 17.6. The molecule has 0 fully saturated rings. The molecule has 128 heavy (non-hydrogen) atoms. The molecular weight excluding hydrogens is 1690 g/mol. The largest absolute Gasteiger partial charge is 0.492 e. The third-order valence-corrected chi connectivity index (χ3v) is 34.5. The van der Waals surface area contributed by atoms with Gasteiger partial charge in [-0.05, 0) is 180 Å². The summed E-state index contributed by atoms with van der Waals surface area (Å²) in [6.07, 6.45) is 41.2. The van der Waals surface area contributed by atoms with Crippen LogP contribution in [-0.4, -0.2) is 34.7 Å². The zero-order valence-electron chi connectivity index (χ0n) is 75.3. The average Bonchev–Trinajstić information content (AvgIpc) is 1.48. The molecule has 0 spiro atoms. The van der Waals surface area contributed by atoms with Crippen molar-refractivity contribution in [1.29, 1.82) is 21.0 Å². The number of carbonyl (C=O) groups excluding carboxylic acids is 2. The minimum Gasteiger partial charge on any atom is -0.492 e. The number of nitrogens with zero attached hydrogens (tertiary/aromatic N) is 6. The number of unbranched alkanes of at least 4 members (excludes halogenated alkanes) is 14. The summed E-state index contributed by atoms with van der Waals surface area (Å²) >= 11 is 10.8. The van der Waals surface area contributed by atoms with Gasteiger partial charge in [-0.1, -0.05) is 268 Å². The number of pyridine rings is 2. The summed E-state index contributed by atoms with van der Waals surface area (Å²) in [6.45, 7) is 19.2. The van der Waals surface area contributed by atoms with E-state index in [1.807, 2.05) is 57.5 Å². The van der Waals surface area contributed by atoms with Crippen LogP contribution in [0.1, 0.15) is 318 Å². The van der Waals surface area contributed by atoms with Crippen LogP contribution in [0.4, 0.5) is 0 Å². The first-order valence-electron chi connectivity index (χ1n) is 47.1. The molecule has 16 heteroatoms. The predicted octanol–water partition coefficient (Wildman–Crippen LogP) is 31.9. The van der Waals surface area contributed by atoms with E-state index >= 15 is 0 Å². The van der Waals surface area contributed by atoms with Gasteiger partial charge in [0.15, 0.2) is 11.6 Å². The molecule has 4 aromatic carbocycles. The Morgan fingerprint density at radius 3 is 1.01 bits per heavy atom. The number of benzene rings is 4. The predicted molar refractivity (Wildman–Crippen MR) is 535 cm³/mol. The third-order valence-electron chi connectivity index (χ3n) is 26.9. The highest BCUT2D eigenvalue weighted by atomic mass is 32.1. The first kappa shape index (κ1) is 90.8. The van der Waals surface area contributed by atoms with Gasteiger partial charge in [-0.2, -0.15) is 21.0 Å². The summed E-state index contributed by atoms with van der Waals surface area (Å²) in [4.78, 5) is 49.0. The number of thiophene rings is 6. The lowest BCUT2D eigenvalue weighted by Gasteiger charge is -2.34. The van der Waals surface area contributed by atoms with Gasteiger partial charge in [0.25, 0.3) is 0 Å². The fourth-order valence-corrected chi connectivity index (χ4v) is 27.9. The molecule has 10 nitrogen and oxygen atoms in total. The molecule has 0 saturated heterocycles. The van der Waals surface area contributed by atoms with E-state index in [-0.39, 0.29) is 22.7 Å². The number of aromatic nitrogens is 2. The van der Waals surface area contributed by atoms with Crippen molar-refractivity contribution in [2.24, 2.45) is 11.8 Å². The number of allylic oxidation sites excluding steroid dienone is 6. The van der Waals surface area contributed by atoms with Gasteiger partial charge in [-0.3, -0.25) is 19.6 Å². The van der Waals surface area contributed by atoms with Crippen LogP contribution in [-0.2, 0) is 36.5 Å². The van der Waals surface area contributed by atoms with Crippen molar-refractivity contribution >= 4 is 112 Å². The summed E-state index contributed by atoms with van der Waals surface area (Å²) in [5.74, 6) is 1.62. The number of ether oxygens (including phenoxy) is 2. The van der Waals surface area contributed by atoms with Crippen LogP contribution in [0, 0.1) is 57.2 Å². The van der Waals surface area contributed by atoms with E-state index in [1.54, 1.807) is 59.6 Å². The number of hydrogen-bond donors (Lipinski definition) is 0. The number of carbonyl (C=O) groups is 2. The number of hydrogen-bond acceptors (Lipinski definition) is 16.